The fourth-order valence-corrected chi connectivity index (χ4v) is 3.88. The van der Waals surface area contributed by atoms with E-state index in [4.69, 9.17) is 4.42 Å². The second kappa shape index (κ2) is 9.24. The molecule has 0 radical (unpaired) electrons. The number of hydrogen-bond donors (Lipinski definition) is 1. The third kappa shape index (κ3) is 4.61. The highest BCUT2D eigenvalue weighted by molar-refractivity contribution is 5.96. The van der Waals surface area contributed by atoms with Gasteiger partial charge < -0.3 is 14.6 Å². The summed E-state index contributed by atoms with van der Waals surface area (Å²) in [6, 6.07) is 16.9. The SMILES string of the molecule is CCN1CCN(Cc2ccccc2CNC(=O)c2cc3ccccc3oc2=O)CC1. The maximum atomic E-state index is 12.7. The van der Waals surface area contributed by atoms with E-state index in [0.717, 1.165) is 50.2 Å². The predicted molar refractivity (Wildman–Crippen MR) is 117 cm³/mol. The Hall–Kier alpha value is -2.96. The van der Waals surface area contributed by atoms with Crippen LogP contribution in [-0.2, 0) is 13.1 Å². The van der Waals surface area contributed by atoms with E-state index in [1.165, 1.54) is 5.56 Å². The molecule has 0 unspecified atom stereocenters. The van der Waals surface area contributed by atoms with E-state index in [0.29, 0.717) is 12.1 Å². The Bertz CT molecular complexity index is 1080. The molecule has 4 rings (SSSR count). The number of likely N-dealkylation sites (N-methyl/N-ethyl adjacent to an activating group) is 1. The van der Waals surface area contributed by atoms with E-state index in [1.807, 2.05) is 30.3 Å². The molecule has 0 spiro atoms. The van der Waals surface area contributed by atoms with Gasteiger partial charge in [-0.15, -0.1) is 0 Å². The van der Waals surface area contributed by atoms with Crippen molar-refractivity contribution in [1.82, 2.24) is 15.1 Å². The molecule has 1 aliphatic rings. The van der Waals surface area contributed by atoms with Crippen molar-refractivity contribution in [3.05, 3.63) is 81.7 Å². The van der Waals surface area contributed by atoms with Crippen molar-refractivity contribution in [2.45, 2.75) is 20.0 Å². The van der Waals surface area contributed by atoms with Crippen molar-refractivity contribution < 1.29 is 9.21 Å². The van der Waals surface area contributed by atoms with E-state index in [-0.39, 0.29) is 5.56 Å². The lowest BCUT2D eigenvalue weighted by Crippen LogP contribution is -2.45. The molecule has 1 aromatic heterocycles. The summed E-state index contributed by atoms with van der Waals surface area (Å²) in [5, 5.41) is 3.62. The van der Waals surface area contributed by atoms with Crippen LogP contribution in [0.1, 0.15) is 28.4 Å². The molecule has 156 valence electrons. The molecule has 6 heteroatoms. The number of benzene rings is 2. The molecule has 0 saturated carbocycles. The minimum atomic E-state index is -0.617. The number of carbonyl (C=O) groups is 1. The zero-order valence-corrected chi connectivity index (χ0v) is 17.3. The van der Waals surface area contributed by atoms with Gasteiger partial charge in [-0.25, -0.2) is 4.79 Å². The highest BCUT2D eigenvalue weighted by atomic mass is 16.4. The van der Waals surface area contributed by atoms with Crippen LogP contribution in [0.5, 0.6) is 0 Å². The van der Waals surface area contributed by atoms with Gasteiger partial charge in [0.1, 0.15) is 11.1 Å². The Labute approximate surface area is 176 Å². The van der Waals surface area contributed by atoms with Crippen LogP contribution in [0.2, 0.25) is 0 Å². The second-order valence-corrected chi connectivity index (χ2v) is 7.65. The molecule has 1 saturated heterocycles. The first-order valence-electron chi connectivity index (χ1n) is 10.5. The molecule has 1 fully saturated rings. The molecule has 1 aliphatic heterocycles. The van der Waals surface area contributed by atoms with Crippen molar-refractivity contribution in [3.8, 4) is 0 Å². The predicted octanol–water partition coefficient (Wildman–Crippen LogP) is 2.86. The third-order valence-corrected chi connectivity index (χ3v) is 5.75. The second-order valence-electron chi connectivity index (χ2n) is 7.65. The van der Waals surface area contributed by atoms with Crippen LogP contribution in [0.4, 0.5) is 0 Å². The smallest absolute Gasteiger partial charge is 0.349 e. The average molecular weight is 405 g/mol. The van der Waals surface area contributed by atoms with E-state index in [9.17, 15) is 9.59 Å². The van der Waals surface area contributed by atoms with Crippen molar-refractivity contribution in [3.63, 3.8) is 0 Å². The highest BCUT2D eigenvalue weighted by Crippen LogP contribution is 2.15. The number of nitrogens with one attached hydrogen (secondary N) is 1. The minimum Gasteiger partial charge on any atom is -0.422 e. The van der Waals surface area contributed by atoms with E-state index < -0.39 is 11.5 Å². The molecule has 0 aliphatic carbocycles. The van der Waals surface area contributed by atoms with Gasteiger partial charge in [0.25, 0.3) is 5.91 Å². The monoisotopic (exact) mass is 405 g/mol. The number of hydrogen-bond acceptors (Lipinski definition) is 5. The Balaban J connectivity index is 1.43. The Morgan fingerprint density at radius 3 is 2.40 bits per heavy atom. The summed E-state index contributed by atoms with van der Waals surface area (Å²) in [7, 11) is 0. The Morgan fingerprint density at radius 1 is 0.967 bits per heavy atom. The van der Waals surface area contributed by atoms with Gasteiger partial charge in [0, 0.05) is 44.7 Å². The molecule has 1 amide bonds. The fraction of sp³-hybridized carbons (Fsp3) is 0.333. The number of carbonyl (C=O) groups excluding carboxylic acids is 1. The van der Waals surface area contributed by atoms with Gasteiger partial charge in [-0.1, -0.05) is 49.4 Å². The number of piperazine rings is 1. The van der Waals surface area contributed by atoms with E-state index >= 15 is 0 Å². The van der Waals surface area contributed by atoms with Crippen LogP contribution < -0.4 is 10.9 Å². The van der Waals surface area contributed by atoms with Gasteiger partial charge in [0.05, 0.1) is 0 Å². The molecule has 1 N–H and O–H groups in total. The molecule has 0 bridgehead atoms. The molecular formula is C24H27N3O3. The van der Waals surface area contributed by atoms with E-state index in [1.54, 1.807) is 18.2 Å². The standard InChI is InChI=1S/C24H27N3O3/c1-2-26-11-13-27(14-12-26)17-20-9-4-3-8-19(20)16-25-23(28)21-15-18-7-5-6-10-22(18)30-24(21)29/h3-10,15H,2,11-14,16-17H2,1H3,(H,25,28). The molecule has 2 heterocycles. The Kier molecular flexibility index (Phi) is 6.26. The first-order valence-corrected chi connectivity index (χ1v) is 10.5. The number of para-hydroxylation sites is 1. The molecule has 30 heavy (non-hydrogen) atoms. The number of amides is 1. The molecule has 0 atom stereocenters. The van der Waals surface area contributed by atoms with Crippen molar-refractivity contribution >= 4 is 16.9 Å². The van der Waals surface area contributed by atoms with Gasteiger partial charge >= 0.3 is 5.63 Å². The molecular weight excluding hydrogens is 378 g/mol. The number of rotatable bonds is 6. The summed E-state index contributed by atoms with van der Waals surface area (Å²) >= 11 is 0. The van der Waals surface area contributed by atoms with Crippen LogP contribution in [0, 0.1) is 0 Å². The summed E-state index contributed by atoms with van der Waals surface area (Å²) in [6.07, 6.45) is 0. The lowest BCUT2D eigenvalue weighted by Gasteiger charge is -2.34. The van der Waals surface area contributed by atoms with Gasteiger partial charge in [0.2, 0.25) is 0 Å². The topological polar surface area (TPSA) is 65.8 Å². The number of nitrogens with zero attached hydrogens (tertiary/aromatic N) is 2. The van der Waals surface area contributed by atoms with Crippen LogP contribution >= 0.6 is 0 Å². The zero-order valence-electron chi connectivity index (χ0n) is 17.3. The maximum Gasteiger partial charge on any atom is 0.349 e. The van der Waals surface area contributed by atoms with Crippen molar-refractivity contribution in [2.24, 2.45) is 0 Å². The average Bonchev–Trinajstić information content (AvgIpc) is 2.78. The van der Waals surface area contributed by atoms with Gasteiger partial charge in [0.15, 0.2) is 0 Å². The van der Waals surface area contributed by atoms with Crippen LogP contribution in [0.25, 0.3) is 11.0 Å². The molecule has 2 aromatic carbocycles. The summed E-state index contributed by atoms with van der Waals surface area (Å²) in [5.41, 5.74) is 2.16. The first kappa shape index (κ1) is 20.3. The molecule has 6 nitrogen and oxygen atoms in total. The largest absolute Gasteiger partial charge is 0.422 e. The summed E-state index contributed by atoms with van der Waals surface area (Å²) in [6.45, 7) is 8.81. The summed E-state index contributed by atoms with van der Waals surface area (Å²) in [5.74, 6) is -0.416. The van der Waals surface area contributed by atoms with Crippen LogP contribution in [0.15, 0.2) is 63.8 Å². The zero-order chi connectivity index (χ0) is 20.9. The van der Waals surface area contributed by atoms with E-state index in [2.05, 4.69) is 28.1 Å². The third-order valence-electron chi connectivity index (χ3n) is 5.75. The van der Waals surface area contributed by atoms with Crippen LogP contribution in [-0.4, -0.2) is 48.4 Å². The lowest BCUT2D eigenvalue weighted by atomic mass is 10.1. The summed E-state index contributed by atoms with van der Waals surface area (Å²) < 4.78 is 5.28. The van der Waals surface area contributed by atoms with Gasteiger partial charge in [-0.2, -0.15) is 0 Å². The van der Waals surface area contributed by atoms with Crippen molar-refractivity contribution in [2.75, 3.05) is 32.7 Å². The maximum absolute atomic E-state index is 12.7. The van der Waals surface area contributed by atoms with Crippen LogP contribution in [0.3, 0.4) is 0 Å². The Morgan fingerprint density at radius 2 is 1.63 bits per heavy atom. The lowest BCUT2D eigenvalue weighted by molar-refractivity contribution is 0.0947. The first-order chi connectivity index (χ1) is 14.6. The summed E-state index contributed by atoms with van der Waals surface area (Å²) in [4.78, 5) is 29.8. The normalized spacial score (nSPS) is 15.4. The van der Waals surface area contributed by atoms with Gasteiger partial charge in [-0.05, 0) is 29.8 Å². The minimum absolute atomic E-state index is 0.0295. The quantitative estimate of drug-likeness (QED) is 0.639. The fourth-order valence-electron chi connectivity index (χ4n) is 3.88. The van der Waals surface area contributed by atoms with Crippen molar-refractivity contribution in [1.29, 1.82) is 0 Å². The number of fused-ring (bicyclic) bond motifs is 1. The molecule has 3 aromatic rings. The van der Waals surface area contributed by atoms with Gasteiger partial charge in [-0.3, -0.25) is 9.69 Å². The highest BCUT2D eigenvalue weighted by Gasteiger charge is 2.17.